The number of rotatable bonds is 4. The van der Waals surface area contributed by atoms with Gasteiger partial charge < -0.3 is 5.11 Å². The minimum Gasteiger partial charge on any atom is -0.392 e. The van der Waals surface area contributed by atoms with E-state index >= 15 is 0 Å². The number of hydrogen-bond donors (Lipinski definition) is 1. The van der Waals surface area contributed by atoms with Crippen LogP contribution in [-0.4, -0.2) is 35.7 Å². The van der Waals surface area contributed by atoms with E-state index in [4.69, 9.17) is 11.6 Å². The fraction of sp³-hybridized carbons (Fsp3) is 0.529. The monoisotopic (exact) mass is 291 g/mol. The van der Waals surface area contributed by atoms with Gasteiger partial charge in [-0.05, 0) is 43.9 Å². The van der Waals surface area contributed by atoms with Gasteiger partial charge in [0.1, 0.15) is 0 Å². The molecule has 1 aromatic rings. The third-order valence-electron chi connectivity index (χ3n) is 4.54. The SMILES string of the molecule is CC(=C1CC1)C(CN1CC[C@H](O)C1)c1ccc(Cl)cc1. The van der Waals surface area contributed by atoms with Crippen molar-refractivity contribution in [1.82, 2.24) is 4.90 Å². The Bertz CT molecular complexity index is 502. The number of halogens is 1. The zero-order valence-corrected chi connectivity index (χ0v) is 12.7. The van der Waals surface area contributed by atoms with Gasteiger partial charge in [0, 0.05) is 30.6 Å². The summed E-state index contributed by atoms with van der Waals surface area (Å²) in [5.41, 5.74) is 4.48. The van der Waals surface area contributed by atoms with Crippen molar-refractivity contribution in [2.45, 2.75) is 38.2 Å². The number of aliphatic hydroxyl groups excluding tert-OH is 1. The molecule has 0 aromatic heterocycles. The van der Waals surface area contributed by atoms with Crippen LogP contribution in [0.1, 0.15) is 37.7 Å². The highest BCUT2D eigenvalue weighted by molar-refractivity contribution is 6.30. The minimum absolute atomic E-state index is 0.144. The van der Waals surface area contributed by atoms with E-state index in [1.165, 1.54) is 24.0 Å². The van der Waals surface area contributed by atoms with Crippen molar-refractivity contribution in [2.24, 2.45) is 0 Å². The van der Waals surface area contributed by atoms with E-state index in [1.807, 2.05) is 12.1 Å². The molecule has 1 N–H and O–H groups in total. The number of β-amino-alcohol motifs (C(OH)–C–C–N with tert-alkyl or cyclic N) is 1. The van der Waals surface area contributed by atoms with Gasteiger partial charge in [-0.25, -0.2) is 0 Å². The summed E-state index contributed by atoms with van der Waals surface area (Å²) in [6.07, 6.45) is 3.29. The molecule has 0 amide bonds. The second-order valence-corrected chi connectivity index (χ2v) is 6.53. The second kappa shape index (κ2) is 5.88. The molecule has 3 rings (SSSR count). The number of aliphatic hydroxyl groups is 1. The van der Waals surface area contributed by atoms with Crippen molar-refractivity contribution in [3.05, 3.63) is 46.0 Å². The molecule has 1 saturated heterocycles. The maximum absolute atomic E-state index is 9.71. The number of allylic oxidation sites excluding steroid dienone is 1. The van der Waals surface area contributed by atoms with Crippen molar-refractivity contribution in [2.75, 3.05) is 19.6 Å². The normalized spacial score (nSPS) is 23.9. The Labute approximate surface area is 126 Å². The zero-order chi connectivity index (χ0) is 14.1. The molecule has 2 nitrogen and oxygen atoms in total. The molecule has 3 heteroatoms. The average Bonchev–Trinajstić information content (AvgIpc) is 3.20. The molecule has 1 aromatic carbocycles. The smallest absolute Gasteiger partial charge is 0.0679 e. The first-order chi connectivity index (χ1) is 9.63. The molecule has 108 valence electrons. The first-order valence-corrected chi connectivity index (χ1v) is 7.85. The molecule has 0 radical (unpaired) electrons. The van der Waals surface area contributed by atoms with Gasteiger partial charge in [0.2, 0.25) is 0 Å². The van der Waals surface area contributed by atoms with E-state index in [1.54, 1.807) is 5.57 Å². The summed E-state index contributed by atoms with van der Waals surface area (Å²) in [7, 11) is 0. The Morgan fingerprint density at radius 3 is 2.60 bits per heavy atom. The van der Waals surface area contributed by atoms with E-state index in [0.29, 0.717) is 5.92 Å². The molecule has 1 heterocycles. The largest absolute Gasteiger partial charge is 0.392 e. The quantitative estimate of drug-likeness (QED) is 0.857. The van der Waals surface area contributed by atoms with Gasteiger partial charge in [0.05, 0.1) is 6.10 Å². The lowest BCUT2D eigenvalue weighted by molar-refractivity contribution is 0.175. The van der Waals surface area contributed by atoms with Crippen molar-refractivity contribution in [1.29, 1.82) is 0 Å². The van der Waals surface area contributed by atoms with Gasteiger partial charge >= 0.3 is 0 Å². The highest BCUT2D eigenvalue weighted by atomic mass is 35.5. The van der Waals surface area contributed by atoms with E-state index in [0.717, 1.165) is 31.1 Å². The standard InChI is InChI=1S/C17H22ClNO/c1-12(13-2-3-13)17(11-19-9-8-16(20)10-19)14-4-6-15(18)7-5-14/h4-7,16-17,20H,2-3,8-11H2,1H3/t16-,17?/m0/s1. The van der Waals surface area contributed by atoms with Crippen LogP contribution in [0.25, 0.3) is 0 Å². The number of benzene rings is 1. The lowest BCUT2D eigenvalue weighted by atomic mass is 9.90. The molecule has 0 bridgehead atoms. The Balaban J connectivity index is 1.80. The minimum atomic E-state index is -0.144. The molecule has 2 fully saturated rings. The Kier molecular flexibility index (Phi) is 4.16. The molecule has 1 aliphatic carbocycles. The fourth-order valence-electron chi connectivity index (χ4n) is 3.13. The molecule has 1 saturated carbocycles. The molecular formula is C17H22ClNO. The molecule has 2 aliphatic rings. The Hall–Kier alpha value is -0.830. The Morgan fingerprint density at radius 2 is 2.05 bits per heavy atom. The van der Waals surface area contributed by atoms with Crippen molar-refractivity contribution in [3.8, 4) is 0 Å². The summed E-state index contributed by atoms with van der Waals surface area (Å²) in [6, 6.07) is 8.25. The van der Waals surface area contributed by atoms with Crippen LogP contribution in [0.4, 0.5) is 0 Å². The predicted octanol–water partition coefficient (Wildman–Crippen LogP) is 3.60. The summed E-state index contributed by atoms with van der Waals surface area (Å²) < 4.78 is 0. The summed E-state index contributed by atoms with van der Waals surface area (Å²) in [4.78, 5) is 2.39. The van der Waals surface area contributed by atoms with Crippen LogP contribution in [0.2, 0.25) is 5.02 Å². The van der Waals surface area contributed by atoms with Crippen LogP contribution in [-0.2, 0) is 0 Å². The maximum Gasteiger partial charge on any atom is 0.0679 e. The van der Waals surface area contributed by atoms with Crippen LogP contribution in [0.3, 0.4) is 0 Å². The molecular weight excluding hydrogens is 270 g/mol. The molecule has 1 aliphatic heterocycles. The van der Waals surface area contributed by atoms with Gasteiger partial charge in [0.15, 0.2) is 0 Å². The van der Waals surface area contributed by atoms with Gasteiger partial charge in [-0.1, -0.05) is 34.9 Å². The third-order valence-corrected chi connectivity index (χ3v) is 4.79. The average molecular weight is 292 g/mol. The topological polar surface area (TPSA) is 23.5 Å². The van der Waals surface area contributed by atoms with Crippen molar-refractivity contribution < 1.29 is 5.11 Å². The van der Waals surface area contributed by atoms with Gasteiger partial charge in [-0.3, -0.25) is 4.90 Å². The van der Waals surface area contributed by atoms with E-state index in [-0.39, 0.29) is 6.10 Å². The van der Waals surface area contributed by atoms with Crippen molar-refractivity contribution in [3.63, 3.8) is 0 Å². The first kappa shape index (κ1) is 14.1. The second-order valence-electron chi connectivity index (χ2n) is 6.09. The molecule has 1 unspecified atom stereocenters. The Morgan fingerprint density at radius 1 is 1.35 bits per heavy atom. The highest BCUT2D eigenvalue weighted by Crippen LogP contribution is 2.39. The summed E-state index contributed by atoms with van der Waals surface area (Å²) in [5.74, 6) is 0.440. The van der Waals surface area contributed by atoms with E-state index < -0.39 is 0 Å². The summed E-state index contributed by atoms with van der Waals surface area (Å²) in [6.45, 7) is 5.10. The summed E-state index contributed by atoms with van der Waals surface area (Å²) >= 11 is 6.00. The van der Waals surface area contributed by atoms with Gasteiger partial charge in [-0.2, -0.15) is 0 Å². The predicted molar refractivity (Wildman–Crippen MR) is 83.2 cm³/mol. The van der Waals surface area contributed by atoms with Crippen LogP contribution in [0, 0.1) is 0 Å². The molecule has 2 atom stereocenters. The zero-order valence-electron chi connectivity index (χ0n) is 12.0. The van der Waals surface area contributed by atoms with Crippen LogP contribution in [0.15, 0.2) is 35.4 Å². The van der Waals surface area contributed by atoms with Crippen LogP contribution >= 0.6 is 11.6 Å². The highest BCUT2D eigenvalue weighted by Gasteiger charge is 2.27. The summed E-state index contributed by atoms with van der Waals surface area (Å²) in [5, 5.41) is 10.5. The van der Waals surface area contributed by atoms with Gasteiger partial charge in [-0.15, -0.1) is 0 Å². The van der Waals surface area contributed by atoms with E-state index in [2.05, 4.69) is 24.0 Å². The maximum atomic E-state index is 9.71. The molecule has 20 heavy (non-hydrogen) atoms. The lowest BCUT2D eigenvalue weighted by Gasteiger charge is -2.25. The fourth-order valence-corrected chi connectivity index (χ4v) is 3.25. The third kappa shape index (κ3) is 3.25. The number of hydrogen-bond acceptors (Lipinski definition) is 2. The molecule has 0 spiro atoms. The van der Waals surface area contributed by atoms with Crippen LogP contribution < -0.4 is 0 Å². The van der Waals surface area contributed by atoms with Gasteiger partial charge in [0.25, 0.3) is 0 Å². The number of likely N-dealkylation sites (tertiary alicyclic amines) is 1. The number of nitrogens with zero attached hydrogens (tertiary/aromatic N) is 1. The first-order valence-electron chi connectivity index (χ1n) is 7.48. The van der Waals surface area contributed by atoms with Crippen molar-refractivity contribution >= 4 is 11.6 Å². The van der Waals surface area contributed by atoms with Crippen LogP contribution in [0.5, 0.6) is 0 Å². The van der Waals surface area contributed by atoms with E-state index in [9.17, 15) is 5.11 Å². The lowest BCUT2D eigenvalue weighted by Crippen LogP contribution is -2.28.